The average molecular weight is 771 g/mol. The predicted octanol–water partition coefficient (Wildman–Crippen LogP) is 6.79. The van der Waals surface area contributed by atoms with E-state index in [1.807, 2.05) is 6.92 Å². The summed E-state index contributed by atoms with van der Waals surface area (Å²) in [6.07, 6.45) is 30.9. The molecule has 0 saturated carbocycles. The lowest BCUT2D eigenvalue weighted by Gasteiger charge is -2.41. The smallest absolute Gasteiger partial charge is 0.397 e. The molecule has 0 bridgehead atoms. The van der Waals surface area contributed by atoms with Crippen molar-refractivity contribution in [2.24, 2.45) is 0 Å². The molecule has 13 heteroatoms. The highest BCUT2D eigenvalue weighted by Crippen LogP contribution is 2.26. The van der Waals surface area contributed by atoms with Crippen molar-refractivity contribution in [3.8, 4) is 0 Å². The Labute approximate surface area is 318 Å². The van der Waals surface area contributed by atoms with Crippen LogP contribution in [-0.4, -0.2) is 97.5 Å². The first-order valence-corrected chi connectivity index (χ1v) is 20.6. The topological polar surface area (TPSA) is 178 Å². The number of hydrogen-bond acceptors (Lipinski definition) is 11. The minimum Gasteiger partial charge on any atom is -0.457 e. The third kappa shape index (κ3) is 26.1. The second kappa shape index (κ2) is 31.8. The van der Waals surface area contributed by atoms with Gasteiger partial charge in [-0.1, -0.05) is 112 Å². The lowest BCUT2D eigenvalue weighted by Crippen LogP contribution is -2.60. The number of carbonyl (C=O) groups excluding carboxylic acids is 1. The zero-order valence-corrected chi connectivity index (χ0v) is 32.6. The number of aliphatic hydroxyl groups is 3. The molecule has 4 N–H and O–H groups in total. The van der Waals surface area contributed by atoms with Gasteiger partial charge in [0.15, 0.2) is 6.29 Å². The SMILES string of the molecule is CC/C=C\C/C=C\C/C=C\C/C=C\C/C=C\C/C=C\CCCCCCCOCC(COC1OC(CO)C(O)C(OS(=O)(=O)O)C1O)OC(=O)CCCC. The molecule has 12 nitrogen and oxygen atoms in total. The maximum atomic E-state index is 12.3. The fourth-order valence-corrected chi connectivity index (χ4v) is 5.69. The van der Waals surface area contributed by atoms with Crippen LogP contribution in [0.15, 0.2) is 72.9 Å². The van der Waals surface area contributed by atoms with E-state index in [4.69, 9.17) is 23.5 Å². The first-order chi connectivity index (χ1) is 25.6. The van der Waals surface area contributed by atoms with Crippen molar-refractivity contribution < 1.29 is 56.2 Å². The first kappa shape index (κ1) is 48.6. The van der Waals surface area contributed by atoms with Crippen LogP contribution in [0.2, 0.25) is 0 Å². The summed E-state index contributed by atoms with van der Waals surface area (Å²) >= 11 is 0. The fourth-order valence-electron chi connectivity index (χ4n) is 5.18. The van der Waals surface area contributed by atoms with Gasteiger partial charge in [0, 0.05) is 13.0 Å². The van der Waals surface area contributed by atoms with E-state index in [-0.39, 0.29) is 19.6 Å². The molecule has 6 unspecified atom stereocenters. The molecule has 0 amide bonds. The molecule has 1 heterocycles. The maximum absolute atomic E-state index is 12.3. The van der Waals surface area contributed by atoms with Crippen LogP contribution in [0.25, 0.3) is 0 Å². The molecule has 0 aromatic rings. The number of carbonyl (C=O) groups is 1. The molecule has 1 aliphatic rings. The summed E-state index contributed by atoms with van der Waals surface area (Å²) in [5, 5.41) is 30.3. The molecule has 1 rings (SSSR count). The van der Waals surface area contributed by atoms with Crippen LogP contribution in [0.3, 0.4) is 0 Å². The maximum Gasteiger partial charge on any atom is 0.397 e. The van der Waals surface area contributed by atoms with Crippen LogP contribution < -0.4 is 0 Å². The summed E-state index contributed by atoms with van der Waals surface area (Å²) < 4.78 is 58.1. The van der Waals surface area contributed by atoms with E-state index < -0.39 is 59.8 Å². The van der Waals surface area contributed by atoms with E-state index in [9.17, 15) is 28.5 Å². The molecular weight excluding hydrogens is 704 g/mol. The Morgan fingerprint density at radius 1 is 0.736 bits per heavy atom. The molecule has 0 aromatic carbocycles. The highest BCUT2D eigenvalue weighted by molar-refractivity contribution is 7.80. The third-order valence-electron chi connectivity index (χ3n) is 8.09. The Morgan fingerprint density at radius 3 is 1.83 bits per heavy atom. The summed E-state index contributed by atoms with van der Waals surface area (Å²) in [4.78, 5) is 12.3. The molecule has 1 fully saturated rings. The van der Waals surface area contributed by atoms with Crippen LogP contribution in [-0.2, 0) is 38.3 Å². The number of allylic oxidation sites excluding steroid dienone is 12. The summed E-state index contributed by atoms with van der Waals surface area (Å²) in [6, 6.07) is 0. The summed E-state index contributed by atoms with van der Waals surface area (Å²) in [5.74, 6) is -0.447. The van der Waals surface area contributed by atoms with Gasteiger partial charge >= 0.3 is 16.4 Å². The van der Waals surface area contributed by atoms with E-state index in [2.05, 4.69) is 84.0 Å². The first-order valence-electron chi connectivity index (χ1n) is 19.2. The Bertz CT molecular complexity index is 1210. The molecule has 6 atom stereocenters. The Hall–Kier alpha value is -2.46. The van der Waals surface area contributed by atoms with Crippen molar-refractivity contribution in [1.82, 2.24) is 0 Å². The van der Waals surface area contributed by atoms with Crippen LogP contribution in [0.1, 0.15) is 110 Å². The molecule has 304 valence electrons. The van der Waals surface area contributed by atoms with Crippen molar-refractivity contribution in [2.45, 2.75) is 147 Å². The van der Waals surface area contributed by atoms with Crippen LogP contribution in [0, 0.1) is 0 Å². The quantitative estimate of drug-likeness (QED) is 0.0252. The van der Waals surface area contributed by atoms with E-state index in [0.717, 1.165) is 83.5 Å². The fraction of sp³-hybridized carbons (Fsp3) is 0.675. The van der Waals surface area contributed by atoms with Crippen molar-refractivity contribution in [3.63, 3.8) is 0 Å². The predicted molar refractivity (Wildman–Crippen MR) is 206 cm³/mol. The molecular formula is C40H66O12S. The third-order valence-corrected chi connectivity index (χ3v) is 8.56. The number of rotatable bonds is 31. The molecule has 53 heavy (non-hydrogen) atoms. The lowest BCUT2D eigenvalue weighted by atomic mass is 9.99. The van der Waals surface area contributed by atoms with Gasteiger partial charge in [-0.2, -0.15) is 8.42 Å². The summed E-state index contributed by atoms with van der Waals surface area (Å²) in [6.45, 7) is 3.51. The van der Waals surface area contributed by atoms with Crippen LogP contribution in [0.4, 0.5) is 0 Å². The lowest BCUT2D eigenvalue weighted by molar-refractivity contribution is -0.301. The van der Waals surface area contributed by atoms with Gasteiger partial charge in [-0.3, -0.25) is 9.35 Å². The van der Waals surface area contributed by atoms with Gasteiger partial charge in [0.05, 0.1) is 19.8 Å². The van der Waals surface area contributed by atoms with E-state index in [0.29, 0.717) is 13.0 Å². The van der Waals surface area contributed by atoms with Crippen molar-refractivity contribution in [3.05, 3.63) is 72.9 Å². The summed E-state index contributed by atoms with van der Waals surface area (Å²) in [7, 11) is -5.05. The van der Waals surface area contributed by atoms with Gasteiger partial charge in [0.25, 0.3) is 0 Å². The largest absolute Gasteiger partial charge is 0.457 e. The van der Waals surface area contributed by atoms with Crippen LogP contribution in [0.5, 0.6) is 0 Å². The van der Waals surface area contributed by atoms with Gasteiger partial charge in [0.2, 0.25) is 0 Å². The summed E-state index contributed by atoms with van der Waals surface area (Å²) in [5.41, 5.74) is 0. The van der Waals surface area contributed by atoms with Gasteiger partial charge in [-0.25, -0.2) is 4.18 Å². The standard InChI is InChI=1S/C40H66O12S/c1-3-5-7-8-9-10-11-12-13-14-15-16-17-18-19-20-21-22-23-24-25-26-27-28-30-48-32-34(50-36(42)29-6-4-2)33-49-40-38(44)39(52-53(45,46)47)37(43)35(31-41)51-40/h5,7,9-10,12-13,15-16,18-19,21-22,34-35,37-41,43-44H,3-4,6,8,11,14,17,20,23-33H2,1-2H3,(H,45,46,47)/b7-5-,10-9-,13-12-,16-15-,19-18-,22-21-. The second-order valence-electron chi connectivity index (χ2n) is 12.8. The zero-order chi connectivity index (χ0) is 39.0. The normalized spacial score (nSPS) is 22.1. The number of ether oxygens (including phenoxy) is 4. The Kier molecular flexibility index (Phi) is 29.2. The van der Waals surface area contributed by atoms with Gasteiger partial charge < -0.3 is 34.3 Å². The Balaban J connectivity index is 2.26. The van der Waals surface area contributed by atoms with Crippen LogP contribution >= 0.6 is 0 Å². The van der Waals surface area contributed by atoms with Crippen molar-refractivity contribution in [2.75, 3.05) is 26.4 Å². The second-order valence-corrected chi connectivity index (χ2v) is 13.8. The number of unbranched alkanes of at least 4 members (excludes halogenated alkanes) is 6. The van der Waals surface area contributed by atoms with Gasteiger partial charge in [-0.05, 0) is 64.2 Å². The Morgan fingerprint density at radius 2 is 1.28 bits per heavy atom. The highest BCUT2D eigenvalue weighted by Gasteiger charge is 2.48. The number of esters is 1. The molecule has 0 aromatic heterocycles. The van der Waals surface area contributed by atoms with E-state index >= 15 is 0 Å². The minimum atomic E-state index is -5.05. The number of aliphatic hydroxyl groups excluding tert-OH is 3. The van der Waals surface area contributed by atoms with E-state index in [1.54, 1.807) is 0 Å². The van der Waals surface area contributed by atoms with Gasteiger partial charge in [0.1, 0.15) is 30.5 Å². The molecule has 0 aliphatic carbocycles. The van der Waals surface area contributed by atoms with Crippen molar-refractivity contribution in [1.29, 1.82) is 0 Å². The molecule has 0 radical (unpaired) electrons. The molecule has 1 aliphatic heterocycles. The van der Waals surface area contributed by atoms with Crippen molar-refractivity contribution >= 4 is 16.4 Å². The van der Waals surface area contributed by atoms with Gasteiger partial charge in [-0.15, -0.1) is 0 Å². The minimum absolute atomic E-state index is 0.0143. The molecule has 0 spiro atoms. The number of hydrogen-bond donors (Lipinski definition) is 4. The average Bonchev–Trinajstić information content (AvgIpc) is 3.13. The monoisotopic (exact) mass is 770 g/mol. The zero-order valence-electron chi connectivity index (χ0n) is 31.8. The molecule has 1 saturated heterocycles. The van der Waals surface area contributed by atoms with E-state index in [1.165, 1.54) is 0 Å². The highest BCUT2D eigenvalue weighted by atomic mass is 32.3.